The summed E-state index contributed by atoms with van der Waals surface area (Å²) in [6.45, 7) is 0. The molecule has 0 aliphatic carbocycles. The monoisotopic (exact) mass is 1690 g/mol. The van der Waals surface area contributed by atoms with Gasteiger partial charge >= 0.3 is 0 Å². The first kappa shape index (κ1) is 78.5. The normalized spacial score (nSPS) is 11.4. The maximum Gasteiger partial charge on any atom is 0.0998 e. The fourth-order valence-corrected chi connectivity index (χ4v) is 20.7. The molecule has 23 aromatic carbocycles. The Morgan fingerprint density at radius 3 is 1.14 bits per heavy atom. The second kappa shape index (κ2) is 33.3. The Morgan fingerprint density at radius 2 is 0.541 bits per heavy atom. The number of nitrogens with zero attached hydrogens (tertiary/aromatic N) is 5. The molecule has 0 saturated heterocycles. The van der Waals surface area contributed by atoms with Gasteiger partial charge < -0.3 is 13.7 Å². The van der Waals surface area contributed by atoms with Crippen molar-refractivity contribution in [3.8, 4) is 118 Å². The summed E-state index contributed by atoms with van der Waals surface area (Å²) in [4.78, 5) is 0. The average Bonchev–Trinajstić information content (AvgIpc) is 1.52. The molecule has 3 aromatic heterocycles. The summed E-state index contributed by atoms with van der Waals surface area (Å²) < 4.78 is 7.32. The average molecular weight is 1690 g/mol. The third-order valence-corrected chi connectivity index (χ3v) is 26.7. The maximum absolute atomic E-state index is 10.2. The van der Waals surface area contributed by atoms with Crippen molar-refractivity contribution < 1.29 is 0 Å². The lowest BCUT2D eigenvalue weighted by atomic mass is 9.91. The van der Waals surface area contributed by atoms with Crippen molar-refractivity contribution in [2.45, 2.75) is 0 Å². The van der Waals surface area contributed by atoms with Gasteiger partial charge in [0.25, 0.3) is 0 Å². The molecule has 26 aromatic rings. The largest absolute Gasteiger partial charge is 0.309 e. The standard InChI is InChI=1S/C52H35N.C40H23N3.C36H23N/c1-4-15-36(16-5-1)42-30-43(37-17-6-2-7-18-37)32-44(31-42)40-22-14-23-41(29-40)46-33-45(38-19-8-3-9-20-38)34-47(35-46)53-51-26-13-12-25-49(51)50-28-27-39-21-10-11-24-48(39)52(50)53;41-24-27-11-1-3-13-29(27)26-21-22-38(36(23-26)30-14-4-2-12-28(30)25-42)43-37-20-10-9-19-35(37)39-33-17-7-5-15-31(33)32-16-6-8-18-34(32)40(39)43;1-2-10-24(11-3-1)33-23-28(22-27-14-6-7-15-29(27)33)37-34-21-19-25-12-4-8-16-30(25)35(34)32-20-18-26-13-5-9-17-31(26)36(32)37/h1-35H;1-23H;1-23H. The number of fused-ring (bicyclic) bond motifs is 21. The molecule has 0 aliphatic rings. The fourth-order valence-electron chi connectivity index (χ4n) is 20.7. The molecule has 618 valence electrons. The first-order valence-electron chi connectivity index (χ1n) is 45.3. The van der Waals surface area contributed by atoms with Crippen LogP contribution in [0.15, 0.2) is 491 Å². The SMILES string of the molecule is N#Cc1ccccc1-c1ccc(-n2c3ccccc3c3c4ccccc4c4ccccc4c32)c(-c2ccccc2C#N)c1.c1ccc(-c2cc(-c3ccccc3)cc(-c3cccc(-c4cc(-c5ccccc5)cc(-n5c6ccccc6c6ccc7ccccc7c65)c4)c3)c2)cc1.c1ccc(-c2cc(-n3c4ccc5ccccc5c4c4ccc5ccccc5c43)cc3ccccc23)cc1. The lowest BCUT2D eigenvalue weighted by molar-refractivity contribution is 1.19. The molecular weight excluding hydrogens is 1610 g/mol. The third-order valence-electron chi connectivity index (χ3n) is 26.7. The van der Waals surface area contributed by atoms with Crippen molar-refractivity contribution in [2.24, 2.45) is 0 Å². The van der Waals surface area contributed by atoms with Crippen LogP contribution in [-0.2, 0) is 0 Å². The highest BCUT2D eigenvalue weighted by Crippen LogP contribution is 2.49. The minimum Gasteiger partial charge on any atom is -0.309 e. The van der Waals surface area contributed by atoms with Gasteiger partial charge in [-0.2, -0.15) is 10.5 Å². The van der Waals surface area contributed by atoms with Crippen molar-refractivity contribution in [1.29, 1.82) is 10.5 Å². The second-order valence-electron chi connectivity index (χ2n) is 34.3. The van der Waals surface area contributed by atoms with Gasteiger partial charge in [0.05, 0.1) is 62.1 Å². The highest BCUT2D eigenvalue weighted by Gasteiger charge is 2.26. The maximum atomic E-state index is 10.2. The van der Waals surface area contributed by atoms with E-state index in [1.54, 1.807) is 0 Å². The highest BCUT2D eigenvalue weighted by molar-refractivity contribution is 6.33. The molecule has 5 nitrogen and oxygen atoms in total. The number of para-hydroxylation sites is 2. The Labute approximate surface area is 769 Å². The van der Waals surface area contributed by atoms with E-state index in [2.05, 4.69) is 469 Å². The molecule has 0 N–H and O–H groups in total. The topological polar surface area (TPSA) is 62.4 Å². The summed E-state index contributed by atoms with van der Waals surface area (Å²) in [5, 5.41) is 42.5. The van der Waals surface area contributed by atoms with Gasteiger partial charge in [0.15, 0.2) is 0 Å². The molecule has 26 rings (SSSR count). The molecule has 0 amide bonds. The van der Waals surface area contributed by atoms with Crippen LogP contribution < -0.4 is 0 Å². The Hall–Kier alpha value is -18.0. The van der Waals surface area contributed by atoms with E-state index in [4.69, 9.17) is 0 Å². The van der Waals surface area contributed by atoms with E-state index in [0.717, 1.165) is 44.7 Å². The summed E-state index contributed by atoms with van der Waals surface area (Å²) in [6, 6.07) is 180. The number of hydrogen-bond acceptors (Lipinski definition) is 2. The number of aromatic nitrogens is 3. The Morgan fingerprint density at radius 1 is 0.158 bits per heavy atom. The summed E-state index contributed by atoms with van der Waals surface area (Å²) >= 11 is 0. The van der Waals surface area contributed by atoms with Crippen LogP contribution in [-0.4, -0.2) is 13.7 Å². The van der Waals surface area contributed by atoms with Gasteiger partial charge in [-0.05, 0) is 223 Å². The Bertz CT molecular complexity index is 9160. The van der Waals surface area contributed by atoms with Gasteiger partial charge in [-0.3, -0.25) is 0 Å². The molecule has 133 heavy (non-hydrogen) atoms. The lowest BCUT2D eigenvalue weighted by Crippen LogP contribution is -2.00. The van der Waals surface area contributed by atoms with Crippen LogP contribution in [0.2, 0.25) is 0 Å². The van der Waals surface area contributed by atoms with Crippen LogP contribution >= 0.6 is 0 Å². The minimum atomic E-state index is 0.602. The molecule has 0 radical (unpaired) electrons. The molecule has 0 bridgehead atoms. The highest BCUT2D eigenvalue weighted by atomic mass is 15.0. The van der Waals surface area contributed by atoms with Crippen LogP contribution in [0.1, 0.15) is 11.1 Å². The molecule has 0 fully saturated rings. The third kappa shape index (κ3) is 13.8. The predicted molar refractivity (Wildman–Crippen MR) is 560 cm³/mol. The zero-order valence-corrected chi connectivity index (χ0v) is 72.5. The smallest absolute Gasteiger partial charge is 0.0998 e. The van der Waals surface area contributed by atoms with E-state index in [-0.39, 0.29) is 0 Å². The van der Waals surface area contributed by atoms with Gasteiger partial charge in [0, 0.05) is 71.0 Å². The first-order chi connectivity index (χ1) is 65.9. The van der Waals surface area contributed by atoms with Gasteiger partial charge in [0.2, 0.25) is 0 Å². The Balaban J connectivity index is 0.000000112. The van der Waals surface area contributed by atoms with E-state index < -0.39 is 0 Å². The quantitative estimate of drug-likeness (QED) is 0.121. The van der Waals surface area contributed by atoms with Crippen molar-refractivity contribution in [3.05, 3.63) is 503 Å². The molecule has 0 aliphatic heterocycles. The van der Waals surface area contributed by atoms with E-state index in [1.165, 1.54) is 191 Å². The van der Waals surface area contributed by atoms with Gasteiger partial charge in [-0.15, -0.1) is 0 Å². The van der Waals surface area contributed by atoms with Gasteiger partial charge in [-0.25, -0.2) is 0 Å². The van der Waals surface area contributed by atoms with Gasteiger partial charge in [-0.1, -0.05) is 394 Å². The van der Waals surface area contributed by atoms with Gasteiger partial charge in [0.1, 0.15) is 0 Å². The molecule has 3 heterocycles. The van der Waals surface area contributed by atoms with E-state index in [9.17, 15) is 10.5 Å². The molecule has 0 atom stereocenters. The molecule has 5 heteroatoms. The van der Waals surface area contributed by atoms with Crippen molar-refractivity contribution in [2.75, 3.05) is 0 Å². The van der Waals surface area contributed by atoms with Crippen LogP contribution in [0.5, 0.6) is 0 Å². The molecular formula is C128H81N5. The fraction of sp³-hybridized carbons (Fsp3) is 0. The lowest BCUT2D eigenvalue weighted by Gasteiger charge is -2.18. The van der Waals surface area contributed by atoms with Crippen LogP contribution in [0, 0.1) is 22.7 Å². The summed E-state index contributed by atoms with van der Waals surface area (Å²) in [5.74, 6) is 0. The van der Waals surface area contributed by atoms with Crippen molar-refractivity contribution in [3.63, 3.8) is 0 Å². The Kier molecular flexibility index (Phi) is 19.7. The number of rotatable bonds is 11. The molecule has 0 unspecified atom stereocenters. The van der Waals surface area contributed by atoms with Crippen LogP contribution in [0.3, 0.4) is 0 Å². The van der Waals surface area contributed by atoms with Crippen molar-refractivity contribution >= 4 is 130 Å². The van der Waals surface area contributed by atoms with Crippen molar-refractivity contribution in [1.82, 2.24) is 13.7 Å². The van der Waals surface area contributed by atoms with Crippen LogP contribution in [0.4, 0.5) is 0 Å². The molecule has 0 spiro atoms. The summed E-state index contributed by atoms with van der Waals surface area (Å²) in [5.41, 5.74) is 29.7. The summed E-state index contributed by atoms with van der Waals surface area (Å²) in [6.07, 6.45) is 0. The molecule has 0 saturated carbocycles. The number of nitriles is 2. The van der Waals surface area contributed by atoms with E-state index in [1.807, 2.05) is 48.5 Å². The summed E-state index contributed by atoms with van der Waals surface area (Å²) in [7, 11) is 0. The minimum absolute atomic E-state index is 0.602. The van der Waals surface area contributed by atoms with E-state index in [0.29, 0.717) is 11.1 Å². The van der Waals surface area contributed by atoms with Crippen LogP contribution in [0.25, 0.3) is 236 Å². The first-order valence-corrected chi connectivity index (χ1v) is 45.3. The second-order valence-corrected chi connectivity index (χ2v) is 34.3. The zero-order valence-electron chi connectivity index (χ0n) is 72.5. The number of benzene rings is 23. The number of hydrogen-bond donors (Lipinski definition) is 0. The predicted octanol–water partition coefficient (Wildman–Crippen LogP) is 34.3. The van der Waals surface area contributed by atoms with E-state index >= 15 is 0 Å². The zero-order chi connectivity index (χ0) is 88.4.